The zero-order chi connectivity index (χ0) is 13.1. The lowest BCUT2D eigenvalue weighted by Gasteiger charge is -2.00. The summed E-state index contributed by atoms with van der Waals surface area (Å²) in [5.74, 6) is 0.649. The molecule has 3 nitrogen and oxygen atoms in total. The molecule has 0 fully saturated rings. The number of carbonyl (C=O) groups is 3. The standard InChI is InChI=1S/C14H24O3/c1-3-7-13(16)9-6-11-14(17)10-5-8-12(15)4-2/h3-11H2,1-2H3. The molecular weight excluding hydrogens is 216 g/mol. The third-order valence-corrected chi connectivity index (χ3v) is 2.75. The van der Waals surface area contributed by atoms with E-state index in [1.165, 1.54) is 0 Å². The minimum Gasteiger partial charge on any atom is -0.300 e. The Morgan fingerprint density at radius 3 is 1.47 bits per heavy atom. The highest BCUT2D eigenvalue weighted by atomic mass is 16.1. The fourth-order valence-corrected chi connectivity index (χ4v) is 1.67. The first-order valence-electron chi connectivity index (χ1n) is 6.65. The molecule has 0 amide bonds. The summed E-state index contributed by atoms with van der Waals surface area (Å²) < 4.78 is 0. The molecule has 17 heavy (non-hydrogen) atoms. The van der Waals surface area contributed by atoms with Gasteiger partial charge >= 0.3 is 0 Å². The molecule has 0 saturated heterocycles. The van der Waals surface area contributed by atoms with Gasteiger partial charge in [-0.25, -0.2) is 0 Å². The zero-order valence-corrected chi connectivity index (χ0v) is 11.1. The normalized spacial score (nSPS) is 10.2. The van der Waals surface area contributed by atoms with Crippen molar-refractivity contribution in [2.24, 2.45) is 0 Å². The molecule has 0 saturated carbocycles. The number of rotatable bonds is 11. The van der Waals surface area contributed by atoms with Crippen LogP contribution in [0.25, 0.3) is 0 Å². The van der Waals surface area contributed by atoms with Crippen LogP contribution in [0.2, 0.25) is 0 Å². The van der Waals surface area contributed by atoms with E-state index in [4.69, 9.17) is 0 Å². The first-order valence-corrected chi connectivity index (χ1v) is 6.65. The fourth-order valence-electron chi connectivity index (χ4n) is 1.67. The summed E-state index contributed by atoms with van der Waals surface area (Å²) in [5.41, 5.74) is 0. The van der Waals surface area contributed by atoms with Crippen molar-refractivity contribution in [3.63, 3.8) is 0 Å². The van der Waals surface area contributed by atoms with Crippen LogP contribution < -0.4 is 0 Å². The first kappa shape index (κ1) is 16.0. The van der Waals surface area contributed by atoms with Gasteiger partial charge in [-0.15, -0.1) is 0 Å². The summed E-state index contributed by atoms with van der Waals surface area (Å²) in [6.07, 6.45) is 5.38. The molecule has 0 aromatic carbocycles. The molecule has 98 valence electrons. The van der Waals surface area contributed by atoms with Crippen LogP contribution in [0.1, 0.15) is 71.6 Å². The van der Waals surface area contributed by atoms with Gasteiger partial charge in [0.2, 0.25) is 0 Å². The maximum atomic E-state index is 11.4. The molecule has 0 bridgehead atoms. The van der Waals surface area contributed by atoms with Crippen molar-refractivity contribution in [3.8, 4) is 0 Å². The lowest BCUT2D eigenvalue weighted by molar-refractivity contribution is -0.120. The highest BCUT2D eigenvalue weighted by molar-refractivity contribution is 5.82. The van der Waals surface area contributed by atoms with Gasteiger partial charge in [0, 0.05) is 38.5 Å². The third-order valence-electron chi connectivity index (χ3n) is 2.75. The Balaban J connectivity index is 3.47. The molecule has 0 spiro atoms. The molecule has 0 atom stereocenters. The number of carbonyl (C=O) groups excluding carboxylic acids is 3. The van der Waals surface area contributed by atoms with E-state index in [2.05, 4.69) is 0 Å². The van der Waals surface area contributed by atoms with E-state index in [1.807, 2.05) is 13.8 Å². The average Bonchev–Trinajstić information content (AvgIpc) is 2.29. The molecule has 0 aliphatic rings. The highest BCUT2D eigenvalue weighted by Crippen LogP contribution is 2.06. The van der Waals surface area contributed by atoms with E-state index in [9.17, 15) is 14.4 Å². The molecular formula is C14H24O3. The maximum absolute atomic E-state index is 11.4. The summed E-state index contributed by atoms with van der Waals surface area (Å²) in [4.78, 5) is 33.7. The third kappa shape index (κ3) is 9.91. The summed E-state index contributed by atoms with van der Waals surface area (Å²) in [6, 6.07) is 0. The number of hydrogen-bond acceptors (Lipinski definition) is 3. The highest BCUT2D eigenvalue weighted by Gasteiger charge is 2.06. The van der Waals surface area contributed by atoms with Crippen molar-refractivity contribution >= 4 is 17.3 Å². The second kappa shape index (κ2) is 10.2. The monoisotopic (exact) mass is 240 g/mol. The molecule has 0 aliphatic carbocycles. The van der Waals surface area contributed by atoms with Gasteiger partial charge in [-0.1, -0.05) is 13.8 Å². The number of ketones is 3. The summed E-state index contributed by atoms with van der Waals surface area (Å²) in [5, 5.41) is 0. The molecule has 0 rings (SSSR count). The van der Waals surface area contributed by atoms with Gasteiger partial charge < -0.3 is 0 Å². The predicted molar refractivity (Wildman–Crippen MR) is 67.9 cm³/mol. The predicted octanol–water partition coefficient (Wildman–Crippen LogP) is 3.24. The molecule has 0 radical (unpaired) electrons. The van der Waals surface area contributed by atoms with Gasteiger partial charge in [-0.3, -0.25) is 14.4 Å². The minimum absolute atomic E-state index is 0.179. The Labute approximate surface area is 104 Å². The molecule has 0 heterocycles. The largest absolute Gasteiger partial charge is 0.300 e. The van der Waals surface area contributed by atoms with Gasteiger partial charge in [-0.2, -0.15) is 0 Å². The zero-order valence-electron chi connectivity index (χ0n) is 11.1. The van der Waals surface area contributed by atoms with Gasteiger partial charge in [0.05, 0.1) is 0 Å². The fraction of sp³-hybridized carbons (Fsp3) is 0.786. The van der Waals surface area contributed by atoms with Crippen LogP contribution in [0.15, 0.2) is 0 Å². The second-order valence-electron chi connectivity index (χ2n) is 4.43. The molecule has 0 aromatic heterocycles. The van der Waals surface area contributed by atoms with Crippen molar-refractivity contribution in [1.82, 2.24) is 0 Å². The van der Waals surface area contributed by atoms with E-state index in [0.717, 1.165) is 6.42 Å². The lowest BCUT2D eigenvalue weighted by Crippen LogP contribution is -2.03. The Bertz CT molecular complexity index is 256. The van der Waals surface area contributed by atoms with Crippen LogP contribution in [-0.2, 0) is 14.4 Å². The average molecular weight is 240 g/mol. The van der Waals surface area contributed by atoms with E-state index in [1.54, 1.807) is 0 Å². The van der Waals surface area contributed by atoms with Crippen LogP contribution >= 0.6 is 0 Å². The van der Waals surface area contributed by atoms with E-state index in [-0.39, 0.29) is 17.3 Å². The van der Waals surface area contributed by atoms with Crippen molar-refractivity contribution in [3.05, 3.63) is 0 Å². The van der Waals surface area contributed by atoms with E-state index < -0.39 is 0 Å². The molecule has 0 unspecified atom stereocenters. The van der Waals surface area contributed by atoms with Gasteiger partial charge in [-0.05, 0) is 19.3 Å². The van der Waals surface area contributed by atoms with Crippen LogP contribution in [0.3, 0.4) is 0 Å². The Kier molecular flexibility index (Phi) is 9.59. The van der Waals surface area contributed by atoms with Gasteiger partial charge in [0.25, 0.3) is 0 Å². The molecule has 0 aromatic rings. The van der Waals surface area contributed by atoms with Crippen LogP contribution in [0.4, 0.5) is 0 Å². The quantitative estimate of drug-likeness (QED) is 0.557. The van der Waals surface area contributed by atoms with Crippen molar-refractivity contribution in [2.75, 3.05) is 0 Å². The van der Waals surface area contributed by atoms with Crippen LogP contribution in [0.5, 0.6) is 0 Å². The topological polar surface area (TPSA) is 51.2 Å². The van der Waals surface area contributed by atoms with Crippen LogP contribution in [0, 0.1) is 0 Å². The molecule has 3 heteroatoms. The minimum atomic E-state index is 0.179. The Hall–Kier alpha value is -0.990. The van der Waals surface area contributed by atoms with Crippen LogP contribution in [-0.4, -0.2) is 17.3 Å². The second-order valence-corrected chi connectivity index (χ2v) is 4.43. The summed E-state index contributed by atoms with van der Waals surface area (Å²) in [6.45, 7) is 3.82. The van der Waals surface area contributed by atoms with Gasteiger partial charge in [0.1, 0.15) is 17.3 Å². The lowest BCUT2D eigenvalue weighted by atomic mass is 10.0. The van der Waals surface area contributed by atoms with E-state index in [0.29, 0.717) is 51.4 Å². The SMILES string of the molecule is CCCC(=O)CCCC(=O)CCCC(=O)CC. The molecule has 0 aliphatic heterocycles. The Morgan fingerprint density at radius 2 is 1.06 bits per heavy atom. The summed E-state index contributed by atoms with van der Waals surface area (Å²) in [7, 11) is 0. The maximum Gasteiger partial charge on any atom is 0.132 e. The number of hydrogen-bond donors (Lipinski definition) is 0. The Morgan fingerprint density at radius 1 is 0.647 bits per heavy atom. The summed E-state index contributed by atoms with van der Waals surface area (Å²) >= 11 is 0. The van der Waals surface area contributed by atoms with Gasteiger partial charge in [0.15, 0.2) is 0 Å². The first-order chi connectivity index (χ1) is 8.10. The number of Topliss-reactive ketones (excluding diaryl/α,β-unsaturated/α-hetero) is 3. The van der Waals surface area contributed by atoms with Crippen molar-refractivity contribution < 1.29 is 14.4 Å². The molecule has 0 N–H and O–H groups in total. The van der Waals surface area contributed by atoms with Crippen molar-refractivity contribution in [1.29, 1.82) is 0 Å². The van der Waals surface area contributed by atoms with E-state index >= 15 is 0 Å². The smallest absolute Gasteiger partial charge is 0.132 e. The van der Waals surface area contributed by atoms with Crippen molar-refractivity contribution in [2.45, 2.75) is 71.6 Å².